The molecule has 0 aromatic rings. The first-order valence-corrected chi connectivity index (χ1v) is 32.7. The van der Waals surface area contributed by atoms with Crippen molar-refractivity contribution in [2.75, 3.05) is 13.2 Å². The first-order chi connectivity index (χ1) is 39.7. The van der Waals surface area contributed by atoms with E-state index in [1.54, 1.807) is 6.08 Å². The first kappa shape index (κ1) is 75.3. The third kappa shape index (κ3) is 44.5. The fraction of sp³-hybridized carbons (Fsp3) is 0.714. The van der Waals surface area contributed by atoms with Crippen LogP contribution in [0.3, 0.4) is 0 Å². The second-order valence-electron chi connectivity index (χ2n) is 22.1. The molecule has 0 aliphatic carbocycles. The zero-order valence-corrected chi connectivity index (χ0v) is 51.4. The molecule has 1 rings (SSSR count). The van der Waals surface area contributed by atoms with Crippen LogP contribution in [-0.2, 0) is 23.8 Å². The third-order valence-corrected chi connectivity index (χ3v) is 14.7. The SMILES string of the molecule is CC/C=C\C/C=C\C/C=C\C/C=C\C/C=C\C/C=C\CCCCCCCCCCC(=O)OC1C(OCC(NC(=O)C(O)CCCCCCCC/C=C/C/C=C/CC)C(O)/C=C/CCCCCCCCCCCC)OC(CO)C(O)C1O. The Kier molecular flexibility index (Phi) is 52.8. The molecule has 0 saturated carbocycles. The maximum Gasteiger partial charge on any atom is 0.306 e. The standard InChI is InChI=1S/C70H119NO10/c1-4-7-10-13-16-19-22-25-26-27-28-29-30-31-32-33-34-35-36-37-38-40-43-46-49-52-55-58-65(75)81-68-67(77)66(76)64(59-72)80-70(68)79-60-61(62(73)56-53-50-47-44-41-24-21-18-15-12-9-6-3)71-69(78)63(74)57-54-51-48-45-42-39-23-20-17-14-11-8-5-2/h7-8,10-11,16-17,19-20,25-26,28-29,31-32,34-35,53,56,61-64,66-68,70,72-74,76-77H,4-6,9,12-15,18,21-24,27,30,33,36-52,54-55,57-60H2,1-3H3,(H,71,78)/b10-7-,11-8+,19-16-,20-17+,26-25-,29-28-,32-31-,35-34-,56-53+. The van der Waals surface area contributed by atoms with Gasteiger partial charge in [-0.2, -0.15) is 0 Å². The highest BCUT2D eigenvalue weighted by Crippen LogP contribution is 2.26. The Labute approximate surface area is 494 Å². The van der Waals surface area contributed by atoms with Gasteiger partial charge >= 0.3 is 5.97 Å². The lowest BCUT2D eigenvalue weighted by atomic mass is 9.99. The summed E-state index contributed by atoms with van der Waals surface area (Å²) in [7, 11) is 0. The van der Waals surface area contributed by atoms with Crippen LogP contribution >= 0.6 is 0 Å². The summed E-state index contributed by atoms with van der Waals surface area (Å²) in [5, 5.41) is 57.0. The van der Waals surface area contributed by atoms with Crippen molar-refractivity contribution in [2.45, 2.75) is 307 Å². The van der Waals surface area contributed by atoms with Crippen LogP contribution < -0.4 is 5.32 Å². The molecule has 6 N–H and O–H groups in total. The molecule has 1 aliphatic rings. The van der Waals surface area contributed by atoms with Gasteiger partial charge in [-0.1, -0.05) is 259 Å². The number of hydrogen-bond acceptors (Lipinski definition) is 10. The molecule has 8 atom stereocenters. The van der Waals surface area contributed by atoms with Gasteiger partial charge in [0.2, 0.25) is 5.91 Å². The molecule has 0 spiro atoms. The Hall–Kier alpha value is -3.68. The second-order valence-corrected chi connectivity index (χ2v) is 22.1. The largest absolute Gasteiger partial charge is 0.454 e. The van der Waals surface area contributed by atoms with Crippen molar-refractivity contribution in [2.24, 2.45) is 0 Å². The zero-order valence-electron chi connectivity index (χ0n) is 51.4. The van der Waals surface area contributed by atoms with Crippen LogP contribution in [0.1, 0.15) is 258 Å². The van der Waals surface area contributed by atoms with Gasteiger partial charge < -0.3 is 45.1 Å². The van der Waals surface area contributed by atoms with Crippen molar-refractivity contribution < 1.29 is 49.3 Å². The molecule has 0 aromatic carbocycles. The molecule has 0 bridgehead atoms. The molecule has 1 aliphatic heterocycles. The highest BCUT2D eigenvalue weighted by Gasteiger charge is 2.47. The molecular formula is C70H119NO10. The number of rotatable bonds is 54. The van der Waals surface area contributed by atoms with Gasteiger partial charge in [-0.25, -0.2) is 0 Å². The number of aliphatic hydroxyl groups is 5. The molecule has 11 heteroatoms. The van der Waals surface area contributed by atoms with Gasteiger partial charge in [-0.05, 0) is 103 Å². The van der Waals surface area contributed by atoms with Crippen LogP contribution in [0.5, 0.6) is 0 Å². The van der Waals surface area contributed by atoms with E-state index in [9.17, 15) is 35.1 Å². The maximum atomic E-state index is 13.4. The fourth-order valence-corrected chi connectivity index (χ4v) is 9.57. The zero-order chi connectivity index (χ0) is 58.9. The van der Waals surface area contributed by atoms with E-state index < -0.39 is 67.4 Å². The van der Waals surface area contributed by atoms with Crippen LogP contribution in [0, 0.1) is 0 Å². The van der Waals surface area contributed by atoms with Crippen molar-refractivity contribution in [1.29, 1.82) is 0 Å². The smallest absolute Gasteiger partial charge is 0.306 e. The Bertz CT molecular complexity index is 1730. The van der Waals surface area contributed by atoms with Crippen LogP contribution in [0.15, 0.2) is 109 Å². The second kappa shape index (κ2) is 56.8. The van der Waals surface area contributed by atoms with E-state index >= 15 is 0 Å². The molecule has 464 valence electrons. The number of allylic oxidation sites excluding steroid dienone is 17. The molecule has 1 fully saturated rings. The Morgan fingerprint density at radius 1 is 0.494 bits per heavy atom. The summed E-state index contributed by atoms with van der Waals surface area (Å²) in [5.41, 5.74) is 0. The molecule has 0 aromatic heterocycles. The first-order valence-electron chi connectivity index (χ1n) is 32.7. The summed E-state index contributed by atoms with van der Waals surface area (Å²) in [6, 6.07) is -1.04. The molecule has 81 heavy (non-hydrogen) atoms. The Morgan fingerprint density at radius 2 is 0.889 bits per heavy atom. The third-order valence-electron chi connectivity index (χ3n) is 14.7. The van der Waals surface area contributed by atoms with Crippen LogP contribution in [-0.4, -0.2) is 99.6 Å². The minimum Gasteiger partial charge on any atom is -0.454 e. The number of aliphatic hydroxyl groups excluding tert-OH is 5. The predicted octanol–water partition coefficient (Wildman–Crippen LogP) is 16.1. The molecule has 1 heterocycles. The lowest BCUT2D eigenvalue weighted by molar-refractivity contribution is -0.305. The monoisotopic (exact) mass is 1130 g/mol. The lowest BCUT2D eigenvalue weighted by Crippen LogP contribution is -2.61. The normalized spacial score (nSPS) is 19.4. The molecule has 1 saturated heterocycles. The van der Waals surface area contributed by atoms with E-state index in [4.69, 9.17) is 14.2 Å². The number of nitrogens with one attached hydrogen (secondary N) is 1. The fourth-order valence-electron chi connectivity index (χ4n) is 9.57. The van der Waals surface area contributed by atoms with E-state index in [0.717, 1.165) is 141 Å². The number of unbranched alkanes of at least 4 members (excludes halogenated alkanes) is 24. The topological polar surface area (TPSA) is 175 Å². The average molecular weight is 1130 g/mol. The van der Waals surface area contributed by atoms with Crippen molar-refractivity contribution in [3.63, 3.8) is 0 Å². The van der Waals surface area contributed by atoms with Crippen LogP contribution in [0.4, 0.5) is 0 Å². The van der Waals surface area contributed by atoms with Gasteiger partial charge in [-0.3, -0.25) is 9.59 Å². The highest BCUT2D eigenvalue weighted by atomic mass is 16.7. The Balaban J connectivity index is 2.59. The highest BCUT2D eigenvalue weighted by molar-refractivity contribution is 5.80. The lowest BCUT2D eigenvalue weighted by Gasteiger charge is -2.41. The molecular weight excluding hydrogens is 1010 g/mol. The summed E-state index contributed by atoms with van der Waals surface area (Å²) in [4.78, 5) is 26.6. The summed E-state index contributed by atoms with van der Waals surface area (Å²) in [5.74, 6) is -1.22. The van der Waals surface area contributed by atoms with E-state index in [0.29, 0.717) is 12.8 Å². The van der Waals surface area contributed by atoms with Crippen molar-refractivity contribution >= 4 is 11.9 Å². The molecule has 0 radical (unpaired) electrons. The summed E-state index contributed by atoms with van der Waals surface area (Å²) in [6.07, 6.45) is 67.0. The number of amides is 1. The number of hydrogen-bond donors (Lipinski definition) is 6. The van der Waals surface area contributed by atoms with Crippen molar-refractivity contribution in [3.05, 3.63) is 109 Å². The van der Waals surface area contributed by atoms with Crippen molar-refractivity contribution in [3.8, 4) is 0 Å². The van der Waals surface area contributed by atoms with Gasteiger partial charge in [-0.15, -0.1) is 0 Å². The van der Waals surface area contributed by atoms with E-state index in [2.05, 4.69) is 123 Å². The summed E-state index contributed by atoms with van der Waals surface area (Å²) in [6.45, 7) is 5.55. The number of esters is 1. The minimum atomic E-state index is -1.63. The number of carbonyl (C=O) groups excluding carboxylic acids is 2. The molecule has 1 amide bonds. The minimum absolute atomic E-state index is 0.107. The van der Waals surface area contributed by atoms with Gasteiger partial charge in [0.1, 0.15) is 24.4 Å². The summed E-state index contributed by atoms with van der Waals surface area (Å²) < 4.78 is 17.6. The van der Waals surface area contributed by atoms with E-state index in [1.165, 1.54) is 70.6 Å². The van der Waals surface area contributed by atoms with Gasteiger partial charge in [0.25, 0.3) is 0 Å². The average Bonchev–Trinajstić information content (AvgIpc) is 3.51. The van der Waals surface area contributed by atoms with Gasteiger partial charge in [0.05, 0.1) is 25.4 Å². The van der Waals surface area contributed by atoms with E-state index in [1.807, 2.05) is 6.08 Å². The van der Waals surface area contributed by atoms with Gasteiger partial charge in [0, 0.05) is 6.42 Å². The van der Waals surface area contributed by atoms with Crippen LogP contribution in [0.25, 0.3) is 0 Å². The number of ether oxygens (including phenoxy) is 3. The molecule has 8 unspecified atom stereocenters. The summed E-state index contributed by atoms with van der Waals surface area (Å²) >= 11 is 0. The van der Waals surface area contributed by atoms with Crippen molar-refractivity contribution in [1.82, 2.24) is 5.32 Å². The quantitative estimate of drug-likeness (QED) is 0.0195. The Morgan fingerprint density at radius 3 is 1.33 bits per heavy atom. The van der Waals surface area contributed by atoms with Gasteiger partial charge in [0.15, 0.2) is 12.4 Å². The van der Waals surface area contributed by atoms with Crippen LogP contribution in [0.2, 0.25) is 0 Å². The predicted molar refractivity (Wildman–Crippen MR) is 338 cm³/mol. The maximum absolute atomic E-state index is 13.4. The molecule has 11 nitrogen and oxygen atoms in total. The number of carbonyl (C=O) groups is 2. The van der Waals surface area contributed by atoms with E-state index in [-0.39, 0.29) is 19.4 Å².